The maximum Gasteiger partial charge on any atom is 0.230 e. The minimum Gasteiger partial charge on any atom is -0.373 e. The number of nitrogens with zero attached hydrogens (tertiary/aromatic N) is 1. The molecule has 1 N–H and O–H groups in total. The number of benzene rings is 2. The number of hydrogen-bond donors (Lipinski definition) is 1. The van der Waals surface area contributed by atoms with Crippen molar-refractivity contribution in [2.24, 2.45) is 0 Å². The minimum absolute atomic E-state index is 0.0744. The molecule has 0 fully saturated rings. The fourth-order valence-corrected chi connectivity index (χ4v) is 2.64. The lowest BCUT2D eigenvalue weighted by molar-refractivity contribution is -0.118. The van der Waals surface area contributed by atoms with E-state index in [1.165, 1.54) is 0 Å². The van der Waals surface area contributed by atoms with Crippen LogP contribution in [-0.2, 0) is 4.79 Å². The van der Waals surface area contributed by atoms with Gasteiger partial charge in [0.2, 0.25) is 5.91 Å². The molecule has 21 heavy (non-hydrogen) atoms. The van der Waals surface area contributed by atoms with Crippen LogP contribution in [0.3, 0.4) is 0 Å². The van der Waals surface area contributed by atoms with Crippen LogP contribution in [-0.4, -0.2) is 31.8 Å². The summed E-state index contributed by atoms with van der Waals surface area (Å²) in [6.07, 6.45) is 0. The van der Waals surface area contributed by atoms with Crippen molar-refractivity contribution in [2.45, 2.75) is 4.90 Å². The summed E-state index contributed by atoms with van der Waals surface area (Å²) in [5.74, 6) is 0.532. The number of amides is 1. The highest BCUT2D eigenvalue weighted by Gasteiger charge is 2.04. The second-order valence-corrected chi connectivity index (χ2v) is 5.76. The molecule has 0 radical (unpaired) electrons. The Hall–Kier alpha value is -1.94. The monoisotopic (exact) mass is 300 g/mol. The third-order valence-electron chi connectivity index (χ3n) is 3.08. The molecule has 0 unspecified atom stereocenters. The van der Waals surface area contributed by atoms with Crippen molar-refractivity contribution >= 4 is 23.4 Å². The van der Waals surface area contributed by atoms with Gasteiger partial charge in [0.15, 0.2) is 0 Å². The first-order valence-electron chi connectivity index (χ1n) is 6.96. The lowest BCUT2D eigenvalue weighted by Crippen LogP contribution is -2.33. The third kappa shape index (κ3) is 5.52. The van der Waals surface area contributed by atoms with Crippen molar-refractivity contribution in [1.29, 1.82) is 0 Å². The Labute approximate surface area is 130 Å². The Morgan fingerprint density at radius 1 is 1.05 bits per heavy atom. The van der Waals surface area contributed by atoms with Crippen LogP contribution < -0.4 is 10.2 Å². The number of nitrogens with one attached hydrogen (secondary N) is 1. The molecule has 110 valence electrons. The molecule has 0 aromatic heterocycles. The number of rotatable bonds is 7. The molecule has 0 atom stereocenters. The Kier molecular flexibility index (Phi) is 6.16. The van der Waals surface area contributed by atoms with Gasteiger partial charge >= 0.3 is 0 Å². The molecule has 2 rings (SSSR count). The molecule has 2 aromatic rings. The van der Waals surface area contributed by atoms with Gasteiger partial charge in [-0.25, -0.2) is 0 Å². The predicted molar refractivity (Wildman–Crippen MR) is 89.9 cm³/mol. The molecule has 0 aliphatic heterocycles. The first-order valence-corrected chi connectivity index (χ1v) is 7.95. The Morgan fingerprint density at radius 2 is 1.67 bits per heavy atom. The van der Waals surface area contributed by atoms with Gasteiger partial charge in [0.05, 0.1) is 5.75 Å². The second kappa shape index (κ2) is 8.37. The number of carbonyl (C=O) groups is 1. The minimum atomic E-state index is 0.0744. The number of anilines is 1. The summed E-state index contributed by atoms with van der Waals surface area (Å²) < 4.78 is 0. The van der Waals surface area contributed by atoms with Crippen LogP contribution in [0.15, 0.2) is 65.6 Å². The fourth-order valence-electron chi connectivity index (χ4n) is 1.89. The summed E-state index contributed by atoms with van der Waals surface area (Å²) in [7, 11) is 2.03. The fraction of sp³-hybridized carbons (Fsp3) is 0.235. The number of likely N-dealkylation sites (N-methyl/N-ethyl adjacent to an activating group) is 1. The van der Waals surface area contributed by atoms with Crippen LogP contribution >= 0.6 is 11.8 Å². The predicted octanol–water partition coefficient (Wildman–Crippen LogP) is 3.03. The molecule has 0 saturated carbocycles. The van der Waals surface area contributed by atoms with Gasteiger partial charge in [-0.3, -0.25) is 4.79 Å². The summed E-state index contributed by atoms with van der Waals surface area (Å²) in [6, 6.07) is 20.1. The van der Waals surface area contributed by atoms with Crippen molar-refractivity contribution in [3.63, 3.8) is 0 Å². The van der Waals surface area contributed by atoms with Gasteiger partial charge in [-0.1, -0.05) is 36.4 Å². The smallest absolute Gasteiger partial charge is 0.230 e. The summed E-state index contributed by atoms with van der Waals surface area (Å²) >= 11 is 1.56. The topological polar surface area (TPSA) is 32.3 Å². The van der Waals surface area contributed by atoms with Crippen LogP contribution in [0.4, 0.5) is 5.69 Å². The molecule has 2 aromatic carbocycles. The highest BCUT2D eigenvalue weighted by molar-refractivity contribution is 8.00. The van der Waals surface area contributed by atoms with E-state index in [4.69, 9.17) is 0 Å². The zero-order valence-electron chi connectivity index (χ0n) is 12.2. The van der Waals surface area contributed by atoms with Gasteiger partial charge in [0.1, 0.15) is 0 Å². The van der Waals surface area contributed by atoms with Crippen molar-refractivity contribution < 1.29 is 4.79 Å². The molecule has 0 bridgehead atoms. The van der Waals surface area contributed by atoms with Gasteiger partial charge in [0.25, 0.3) is 0 Å². The number of hydrogen-bond acceptors (Lipinski definition) is 3. The zero-order valence-corrected chi connectivity index (χ0v) is 13.0. The van der Waals surface area contributed by atoms with Crippen LogP contribution in [0.25, 0.3) is 0 Å². The molecule has 0 aliphatic rings. The van der Waals surface area contributed by atoms with Crippen molar-refractivity contribution in [3.05, 3.63) is 60.7 Å². The van der Waals surface area contributed by atoms with Crippen LogP contribution in [0.2, 0.25) is 0 Å². The maximum absolute atomic E-state index is 11.8. The zero-order chi connectivity index (χ0) is 14.9. The molecule has 4 heteroatoms. The highest BCUT2D eigenvalue weighted by Crippen LogP contribution is 2.16. The molecule has 0 spiro atoms. The average Bonchev–Trinajstić information content (AvgIpc) is 2.54. The van der Waals surface area contributed by atoms with E-state index in [-0.39, 0.29) is 5.91 Å². The van der Waals surface area contributed by atoms with E-state index in [1.807, 2.05) is 55.6 Å². The lowest BCUT2D eigenvalue weighted by Gasteiger charge is -2.19. The number of thioether (sulfide) groups is 1. The number of para-hydroxylation sites is 1. The van der Waals surface area contributed by atoms with E-state index >= 15 is 0 Å². The summed E-state index contributed by atoms with van der Waals surface area (Å²) in [5.41, 5.74) is 1.16. The van der Waals surface area contributed by atoms with Gasteiger partial charge in [-0.15, -0.1) is 11.8 Å². The molecular weight excluding hydrogens is 280 g/mol. The van der Waals surface area contributed by atoms with E-state index in [9.17, 15) is 4.79 Å². The quantitative estimate of drug-likeness (QED) is 0.798. The molecule has 1 amide bonds. The van der Waals surface area contributed by atoms with Crippen molar-refractivity contribution in [3.8, 4) is 0 Å². The normalized spacial score (nSPS) is 10.1. The van der Waals surface area contributed by atoms with E-state index < -0.39 is 0 Å². The van der Waals surface area contributed by atoms with Crippen molar-refractivity contribution in [1.82, 2.24) is 5.32 Å². The van der Waals surface area contributed by atoms with Crippen LogP contribution in [0.1, 0.15) is 0 Å². The average molecular weight is 300 g/mol. The molecule has 3 nitrogen and oxygen atoms in total. The van der Waals surface area contributed by atoms with Gasteiger partial charge in [-0.05, 0) is 24.3 Å². The van der Waals surface area contributed by atoms with E-state index in [2.05, 4.69) is 22.3 Å². The largest absolute Gasteiger partial charge is 0.373 e. The van der Waals surface area contributed by atoms with Gasteiger partial charge in [0, 0.05) is 30.7 Å². The first-order chi connectivity index (χ1) is 10.3. The number of carbonyl (C=O) groups excluding carboxylic acids is 1. The Bertz CT molecular complexity index is 545. The second-order valence-electron chi connectivity index (χ2n) is 4.71. The molecular formula is C17H20N2OS. The molecule has 0 saturated heterocycles. The van der Waals surface area contributed by atoms with E-state index in [1.54, 1.807) is 11.8 Å². The van der Waals surface area contributed by atoms with Gasteiger partial charge in [-0.2, -0.15) is 0 Å². The van der Waals surface area contributed by atoms with Crippen molar-refractivity contribution in [2.75, 3.05) is 30.8 Å². The summed E-state index contributed by atoms with van der Waals surface area (Å²) in [6.45, 7) is 1.45. The SMILES string of the molecule is CN(CCNC(=O)CSc1ccccc1)c1ccccc1. The maximum atomic E-state index is 11.8. The molecule has 0 heterocycles. The third-order valence-corrected chi connectivity index (χ3v) is 4.09. The standard InChI is InChI=1S/C17H20N2OS/c1-19(15-8-4-2-5-9-15)13-12-18-17(20)14-21-16-10-6-3-7-11-16/h2-11H,12-14H2,1H3,(H,18,20). The summed E-state index contributed by atoms with van der Waals surface area (Å²) in [4.78, 5) is 15.0. The van der Waals surface area contributed by atoms with Crippen LogP contribution in [0.5, 0.6) is 0 Å². The lowest BCUT2D eigenvalue weighted by atomic mass is 10.3. The Balaban J connectivity index is 1.65. The first kappa shape index (κ1) is 15.4. The van der Waals surface area contributed by atoms with E-state index in [0.29, 0.717) is 12.3 Å². The highest BCUT2D eigenvalue weighted by atomic mass is 32.2. The van der Waals surface area contributed by atoms with E-state index in [0.717, 1.165) is 17.1 Å². The molecule has 0 aliphatic carbocycles. The van der Waals surface area contributed by atoms with Gasteiger partial charge < -0.3 is 10.2 Å². The Morgan fingerprint density at radius 3 is 2.33 bits per heavy atom. The summed E-state index contributed by atoms with van der Waals surface area (Å²) in [5, 5.41) is 2.95. The van der Waals surface area contributed by atoms with Crippen LogP contribution in [0, 0.1) is 0 Å².